The monoisotopic (exact) mass is 854 g/mol. The summed E-state index contributed by atoms with van der Waals surface area (Å²) in [5.41, 5.74) is -4.35. The Balaban J connectivity index is 1.87. The van der Waals surface area contributed by atoms with Gasteiger partial charge in [-0.3, -0.25) is 19.7 Å². The lowest BCUT2D eigenvalue weighted by Crippen LogP contribution is -2.61. The average Bonchev–Trinajstić information content (AvgIpc) is 3.21. The number of carbonyl (C=O) groups excluding carboxylic acids is 2. The van der Waals surface area contributed by atoms with Crippen LogP contribution in [0.5, 0.6) is 0 Å². The number of para-hydroxylation sites is 2. The number of anilines is 1. The zero-order valence-corrected chi connectivity index (χ0v) is 37.5. The second-order valence-corrected chi connectivity index (χ2v) is 18.0. The molecule has 1 aromatic carbocycles. The van der Waals surface area contributed by atoms with Crippen LogP contribution in [0.4, 0.5) is 11.4 Å². The Morgan fingerprint density at radius 2 is 1.52 bits per heavy atom. The number of likely N-dealkylation sites (N-methyl/N-ethyl adjacent to an activating group) is 1. The maximum absolute atomic E-state index is 14.3. The van der Waals surface area contributed by atoms with Crippen molar-refractivity contribution in [2.75, 3.05) is 26.2 Å². The molecule has 342 valence electrons. The van der Waals surface area contributed by atoms with Gasteiger partial charge in [0.05, 0.1) is 58.6 Å². The molecule has 18 atom stereocenters. The number of aliphatic hydroxyl groups excluding tert-OH is 3. The number of nitrogens with zero attached hydrogens (tertiary/aromatic N) is 2. The maximum atomic E-state index is 14.3. The summed E-state index contributed by atoms with van der Waals surface area (Å²) in [6.45, 7) is 16.6. The number of rotatable bonds is 10. The number of benzene rings is 1. The van der Waals surface area contributed by atoms with Crippen molar-refractivity contribution in [1.29, 1.82) is 0 Å². The van der Waals surface area contributed by atoms with E-state index in [0.717, 1.165) is 0 Å². The number of methoxy groups -OCH3 is 2. The van der Waals surface area contributed by atoms with Gasteiger partial charge in [-0.1, -0.05) is 39.8 Å². The van der Waals surface area contributed by atoms with Crippen molar-refractivity contribution in [3.05, 3.63) is 34.4 Å². The van der Waals surface area contributed by atoms with Crippen LogP contribution in [0.1, 0.15) is 94.9 Å². The van der Waals surface area contributed by atoms with E-state index in [1.165, 1.54) is 34.1 Å². The highest BCUT2D eigenvalue weighted by Crippen LogP contribution is 2.42. The molecule has 4 rings (SSSR count). The molecule has 0 unspecified atom stereocenters. The lowest BCUT2D eigenvalue weighted by Gasteiger charge is -2.50. The lowest BCUT2D eigenvalue weighted by atomic mass is 9.74. The van der Waals surface area contributed by atoms with Crippen LogP contribution in [0.15, 0.2) is 24.3 Å². The van der Waals surface area contributed by atoms with E-state index in [0.29, 0.717) is 0 Å². The number of esters is 1. The van der Waals surface area contributed by atoms with E-state index >= 15 is 0 Å². The van der Waals surface area contributed by atoms with Crippen LogP contribution in [0.3, 0.4) is 0 Å². The normalized spacial score (nSPS) is 43.8. The van der Waals surface area contributed by atoms with Gasteiger partial charge in [0.25, 0.3) is 5.69 Å². The standard InChI is InChI=1S/C43H70N2O15/c1-14-31-43(10,51)36(48)24(4)33(46)22(2)20-42(9,55-13)38(25(5)35(26(6)39(50)58-31)59-32-21-41(8,54-12)37(49)27(7)57-32)60-40-34(47)30(19-23(3)56-40)44(11)28-17-15-16-18-29(28)45(52)53/h15-18,22-27,30-32,34-38,40,47-49,51H,14,19-21H2,1-13H3/t22-,23-,24+,25+,26-,27+,30+,31-,32+,34-,35+,36-,37+,38-,40+,41-,42-,43-/m1/s1. The zero-order chi connectivity index (χ0) is 45.2. The molecule has 17 heteroatoms. The van der Waals surface area contributed by atoms with Gasteiger partial charge in [-0.15, -0.1) is 0 Å². The molecular formula is C43H70N2O15. The van der Waals surface area contributed by atoms with Crippen molar-refractivity contribution in [2.45, 2.75) is 179 Å². The summed E-state index contributed by atoms with van der Waals surface area (Å²) in [7, 11) is 4.59. The predicted molar refractivity (Wildman–Crippen MR) is 219 cm³/mol. The topological polar surface area (TPSA) is 226 Å². The minimum Gasteiger partial charge on any atom is -0.459 e. The summed E-state index contributed by atoms with van der Waals surface area (Å²) in [6, 6.07) is 5.51. The van der Waals surface area contributed by atoms with Crippen molar-refractivity contribution in [3.63, 3.8) is 0 Å². The van der Waals surface area contributed by atoms with E-state index in [2.05, 4.69) is 0 Å². The highest BCUT2D eigenvalue weighted by atomic mass is 16.7. The number of hydrogen-bond donors (Lipinski definition) is 4. The largest absolute Gasteiger partial charge is 0.459 e. The summed E-state index contributed by atoms with van der Waals surface area (Å²) in [6.07, 6.45) is -10.6. The van der Waals surface area contributed by atoms with Gasteiger partial charge in [0, 0.05) is 51.5 Å². The molecule has 4 N–H and O–H groups in total. The van der Waals surface area contributed by atoms with Crippen LogP contribution >= 0.6 is 0 Å². The lowest BCUT2D eigenvalue weighted by molar-refractivity contribution is -0.384. The molecule has 0 aliphatic carbocycles. The van der Waals surface area contributed by atoms with Gasteiger partial charge >= 0.3 is 5.97 Å². The predicted octanol–water partition coefficient (Wildman–Crippen LogP) is 3.92. The first kappa shape index (κ1) is 49.8. The Kier molecular flexibility index (Phi) is 16.3. The van der Waals surface area contributed by atoms with E-state index in [9.17, 15) is 40.1 Å². The third kappa shape index (κ3) is 10.2. The van der Waals surface area contributed by atoms with Crippen molar-refractivity contribution in [3.8, 4) is 0 Å². The van der Waals surface area contributed by atoms with Gasteiger partial charge in [-0.05, 0) is 66.9 Å². The van der Waals surface area contributed by atoms with Crippen molar-refractivity contribution >= 4 is 23.1 Å². The molecule has 0 spiro atoms. The molecule has 60 heavy (non-hydrogen) atoms. The first-order valence-electron chi connectivity index (χ1n) is 21.1. The van der Waals surface area contributed by atoms with Gasteiger partial charge in [-0.25, -0.2) is 0 Å². The van der Waals surface area contributed by atoms with Gasteiger partial charge in [0.15, 0.2) is 12.6 Å². The quantitative estimate of drug-likeness (QED) is 0.149. The smallest absolute Gasteiger partial charge is 0.311 e. The fraction of sp³-hybridized carbons (Fsp3) is 0.814. The number of aliphatic hydroxyl groups is 4. The number of Topliss-reactive ketones (excluding diaryl/α,β-unsaturated/α-hetero) is 1. The molecule has 1 aromatic rings. The fourth-order valence-electron chi connectivity index (χ4n) is 9.55. The first-order chi connectivity index (χ1) is 27.9. The van der Waals surface area contributed by atoms with Crippen LogP contribution in [0.25, 0.3) is 0 Å². The number of ketones is 1. The summed E-state index contributed by atoms with van der Waals surface area (Å²) < 4.78 is 44.1. The van der Waals surface area contributed by atoms with Crippen LogP contribution in [-0.2, 0) is 42.7 Å². The molecule has 3 aliphatic heterocycles. The number of carbonyl (C=O) groups is 2. The number of hydrogen-bond acceptors (Lipinski definition) is 16. The molecule has 0 radical (unpaired) electrons. The van der Waals surface area contributed by atoms with Gasteiger partial charge in [0.1, 0.15) is 35.4 Å². The zero-order valence-electron chi connectivity index (χ0n) is 37.5. The molecule has 0 amide bonds. The Hall–Kier alpha value is -2.84. The van der Waals surface area contributed by atoms with Crippen molar-refractivity contribution < 1.29 is 68.1 Å². The van der Waals surface area contributed by atoms with Crippen LogP contribution in [-0.4, -0.2) is 143 Å². The number of nitro groups is 1. The van der Waals surface area contributed by atoms with E-state index in [1.54, 1.807) is 85.5 Å². The number of ether oxygens (including phenoxy) is 7. The summed E-state index contributed by atoms with van der Waals surface area (Å²) >= 11 is 0. The Bertz CT molecular complexity index is 1630. The second-order valence-electron chi connectivity index (χ2n) is 18.0. The van der Waals surface area contributed by atoms with Crippen molar-refractivity contribution in [2.24, 2.45) is 23.7 Å². The van der Waals surface area contributed by atoms with Crippen molar-refractivity contribution in [1.82, 2.24) is 0 Å². The Morgan fingerprint density at radius 3 is 2.10 bits per heavy atom. The minimum absolute atomic E-state index is 0.0160. The first-order valence-corrected chi connectivity index (χ1v) is 21.1. The van der Waals surface area contributed by atoms with Crippen LogP contribution in [0, 0.1) is 33.8 Å². The maximum Gasteiger partial charge on any atom is 0.311 e. The Morgan fingerprint density at radius 1 is 0.900 bits per heavy atom. The van der Waals surface area contributed by atoms with E-state index < -0.39 is 119 Å². The van der Waals surface area contributed by atoms with Crippen LogP contribution < -0.4 is 4.90 Å². The molecule has 17 nitrogen and oxygen atoms in total. The van der Waals surface area contributed by atoms with Gasteiger partial charge in [0.2, 0.25) is 0 Å². The van der Waals surface area contributed by atoms with Gasteiger partial charge in [-0.2, -0.15) is 0 Å². The van der Waals surface area contributed by atoms with Gasteiger partial charge < -0.3 is 58.5 Å². The van der Waals surface area contributed by atoms with Crippen LogP contribution in [0.2, 0.25) is 0 Å². The van der Waals surface area contributed by atoms with E-state index in [4.69, 9.17) is 33.2 Å². The molecule has 0 bridgehead atoms. The molecule has 0 aromatic heterocycles. The molecule has 3 heterocycles. The third-order valence-electron chi connectivity index (χ3n) is 13.6. The average molecular weight is 855 g/mol. The summed E-state index contributed by atoms with van der Waals surface area (Å²) in [4.78, 5) is 41.6. The summed E-state index contributed by atoms with van der Waals surface area (Å²) in [5.74, 6) is -4.97. The minimum atomic E-state index is -2.02. The van der Waals surface area contributed by atoms with E-state index in [-0.39, 0.29) is 42.8 Å². The van der Waals surface area contributed by atoms with E-state index in [1.807, 2.05) is 0 Å². The fourth-order valence-corrected chi connectivity index (χ4v) is 9.55. The third-order valence-corrected chi connectivity index (χ3v) is 13.6. The highest BCUT2D eigenvalue weighted by Gasteiger charge is 2.54. The molecule has 3 aliphatic rings. The molecule has 3 saturated heterocycles. The molecular weight excluding hydrogens is 784 g/mol. The highest BCUT2D eigenvalue weighted by molar-refractivity contribution is 5.83. The molecule has 3 fully saturated rings. The number of cyclic esters (lactones) is 1. The summed E-state index contributed by atoms with van der Waals surface area (Å²) in [5, 5.41) is 58.3. The number of nitro benzene ring substituents is 1. The second kappa shape index (κ2) is 19.7. The molecule has 0 saturated carbocycles. The SMILES string of the molecule is CC[C@H]1OC(=O)[C@H](C)[C@@H](O[C@H]2C[C@@](C)(OC)[C@@H](O)[C@H](C)O2)[C@H](C)[C@@H](O[C@@H]2O[C@H](C)C[C@H](N(C)c3ccccc3[N+](=O)[O-])[C@H]2O)[C@](C)(OC)C[C@@H](C)C(=O)[C@H](C)[C@@H](O)[C@]1(C)O. The Labute approximate surface area is 354 Å².